The zero-order valence-corrected chi connectivity index (χ0v) is 15.5. The Bertz CT molecular complexity index is 498. The van der Waals surface area contributed by atoms with E-state index in [9.17, 15) is 0 Å². The van der Waals surface area contributed by atoms with E-state index in [0.717, 1.165) is 31.6 Å². The van der Waals surface area contributed by atoms with E-state index in [1.807, 2.05) is 12.1 Å². The third-order valence-corrected chi connectivity index (χ3v) is 4.52. The maximum absolute atomic E-state index is 6.21. The van der Waals surface area contributed by atoms with Crippen molar-refractivity contribution in [1.29, 1.82) is 0 Å². The second-order valence-corrected chi connectivity index (χ2v) is 6.63. The van der Waals surface area contributed by atoms with Gasteiger partial charge in [0.1, 0.15) is 0 Å². The van der Waals surface area contributed by atoms with Crippen LogP contribution in [-0.4, -0.2) is 45.4 Å². The molecule has 0 saturated carbocycles. The molecule has 2 rings (SSSR count). The first-order chi connectivity index (χ1) is 10.4. The van der Waals surface area contributed by atoms with Gasteiger partial charge in [-0.2, -0.15) is 0 Å². The van der Waals surface area contributed by atoms with E-state index >= 15 is 0 Å². The summed E-state index contributed by atoms with van der Waals surface area (Å²) in [5, 5.41) is 0. The molecule has 5 nitrogen and oxygen atoms in total. The van der Waals surface area contributed by atoms with Crippen LogP contribution in [-0.2, 0) is 6.54 Å². The normalized spacial score (nSPS) is 20.5. The van der Waals surface area contributed by atoms with Crippen LogP contribution in [0.1, 0.15) is 25.8 Å². The predicted octanol–water partition coefficient (Wildman–Crippen LogP) is 2.69. The molecular formula is C17H29ClN2O3. The Balaban J connectivity index is 0.00000264. The lowest BCUT2D eigenvalue weighted by Gasteiger charge is -2.42. The highest BCUT2D eigenvalue weighted by atomic mass is 35.5. The molecule has 0 spiro atoms. The maximum Gasteiger partial charge on any atom is 0.203 e. The third-order valence-electron chi connectivity index (χ3n) is 4.52. The van der Waals surface area contributed by atoms with Gasteiger partial charge in [0.2, 0.25) is 5.75 Å². The molecule has 132 valence electrons. The molecule has 1 aliphatic rings. The molecule has 1 aliphatic heterocycles. The Labute approximate surface area is 145 Å². The first-order valence-electron chi connectivity index (χ1n) is 7.68. The minimum absolute atomic E-state index is 0. The van der Waals surface area contributed by atoms with Crippen LogP contribution in [0.15, 0.2) is 12.1 Å². The summed E-state index contributed by atoms with van der Waals surface area (Å²) in [6.45, 7) is 7.33. The molecule has 2 N–H and O–H groups in total. The van der Waals surface area contributed by atoms with E-state index in [4.69, 9.17) is 19.9 Å². The number of hydrogen-bond acceptors (Lipinski definition) is 5. The number of rotatable bonds is 5. The maximum atomic E-state index is 6.21. The van der Waals surface area contributed by atoms with Crippen LogP contribution in [0.4, 0.5) is 0 Å². The first kappa shape index (κ1) is 19.9. The molecule has 6 heteroatoms. The van der Waals surface area contributed by atoms with Crippen LogP contribution in [0.25, 0.3) is 0 Å². The van der Waals surface area contributed by atoms with Crippen LogP contribution in [0.2, 0.25) is 0 Å². The minimum atomic E-state index is 0. The summed E-state index contributed by atoms with van der Waals surface area (Å²) >= 11 is 0. The van der Waals surface area contributed by atoms with Gasteiger partial charge in [-0.1, -0.05) is 13.8 Å². The van der Waals surface area contributed by atoms with Crippen molar-refractivity contribution >= 4 is 12.4 Å². The molecule has 0 radical (unpaired) electrons. The first-order valence-corrected chi connectivity index (χ1v) is 7.68. The zero-order chi connectivity index (χ0) is 16.3. The summed E-state index contributed by atoms with van der Waals surface area (Å²) in [6.07, 6.45) is 1.03. The molecule has 0 aliphatic carbocycles. The average Bonchev–Trinajstić information content (AvgIpc) is 2.49. The number of nitrogens with zero attached hydrogens (tertiary/aromatic N) is 1. The Hall–Kier alpha value is -1.17. The Kier molecular flexibility index (Phi) is 6.99. The molecule has 0 bridgehead atoms. The Morgan fingerprint density at radius 2 is 1.70 bits per heavy atom. The van der Waals surface area contributed by atoms with Crippen molar-refractivity contribution in [3.05, 3.63) is 17.7 Å². The third kappa shape index (κ3) is 4.43. The number of methoxy groups -OCH3 is 3. The van der Waals surface area contributed by atoms with Crippen LogP contribution < -0.4 is 19.9 Å². The second kappa shape index (κ2) is 8.08. The van der Waals surface area contributed by atoms with E-state index in [0.29, 0.717) is 17.2 Å². The van der Waals surface area contributed by atoms with E-state index in [-0.39, 0.29) is 23.9 Å². The molecular weight excluding hydrogens is 316 g/mol. The quantitative estimate of drug-likeness (QED) is 0.890. The molecule has 1 saturated heterocycles. The Morgan fingerprint density at radius 3 is 2.13 bits per heavy atom. The highest BCUT2D eigenvalue weighted by Gasteiger charge is 2.33. The van der Waals surface area contributed by atoms with Crippen LogP contribution in [0.5, 0.6) is 17.2 Å². The number of benzene rings is 1. The fraction of sp³-hybridized carbons (Fsp3) is 0.647. The largest absolute Gasteiger partial charge is 0.493 e. The number of nitrogens with two attached hydrogens (primary N) is 1. The van der Waals surface area contributed by atoms with Crippen LogP contribution in [0, 0.1) is 5.41 Å². The predicted molar refractivity (Wildman–Crippen MR) is 95.0 cm³/mol. The zero-order valence-electron chi connectivity index (χ0n) is 14.7. The highest BCUT2D eigenvalue weighted by molar-refractivity contribution is 5.85. The van der Waals surface area contributed by atoms with Crippen molar-refractivity contribution in [3.8, 4) is 17.2 Å². The lowest BCUT2D eigenvalue weighted by Crippen LogP contribution is -2.52. The van der Waals surface area contributed by atoms with Gasteiger partial charge in [-0.15, -0.1) is 12.4 Å². The minimum Gasteiger partial charge on any atom is -0.493 e. The molecule has 1 heterocycles. The van der Waals surface area contributed by atoms with E-state index in [1.54, 1.807) is 21.3 Å². The number of piperidine rings is 1. The number of ether oxygens (including phenoxy) is 3. The lowest BCUT2D eigenvalue weighted by molar-refractivity contribution is 0.0897. The average molecular weight is 345 g/mol. The molecule has 1 unspecified atom stereocenters. The summed E-state index contributed by atoms with van der Waals surface area (Å²) in [5.74, 6) is 2.03. The van der Waals surface area contributed by atoms with Crippen LogP contribution in [0.3, 0.4) is 0 Å². The molecule has 1 atom stereocenters. The van der Waals surface area contributed by atoms with Gasteiger partial charge in [0, 0.05) is 25.7 Å². The van der Waals surface area contributed by atoms with Gasteiger partial charge < -0.3 is 19.9 Å². The van der Waals surface area contributed by atoms with E-state index < -0.39 is 0 Å². The lowest BCUT2D eigenvalue weighted by atomic mass is 9.79. The number of hydrogen-bond donors (Lipinski definition) is 1. The van der Waals surface area contributed by atoms with Crippen molar-refractivity contribution in [3.63, 3.8) is 0 Å². The van der Waals surface area contributed by atoms with E-state index in [1.165, 1.54) is 0 Å². The van der Waals surface area contributed by atoms with Gasteiger partial charge in [-0.05, 0) is 29.5 Å². The number of likely N-dealkylation sites (tertiary alicyclic amines) is 1. The van der Waals surface area contributed by atoms with Crippen molar-refractivity contribution in [2.45, 2.75) is 32.9 Å². The van der Waals surface area contributed by atoms with Crippen molar-refractivity contribution in [1.82, 2.24) is 4.90 Å². The van der Waals surface area contributed by atoms with Crippen molar-refractivity contribution in [2.24, 2.45) is 11.1 Å². The number of halogens is 1. The fourth-order valence-corrected chi connectivity index (χ4v) is 3.10. The molecule has 1 aromatic carbocycles. The smallest absolute Gasteiger partial charge is 0.203 e. The van der Waals surface area contributed by atoms with Gasteiger partial charge in [-0.3, -0.25) is 4.90 Å². The topological polar surface area (TPSA) is 57.0 Å². The SMILES string of the molecule is COc1cc(CN2CCC(N)C(C)(C)C2)cc(OC)c1OC.Cl. The highest BCUT2D eigenvalue weighted by Crippen LogP contribution is 2.39. The molecule has 0 aromatic heterocycles. The Morgan fingerprint density at radius 1 is 1.13 bits per heavy atom. The standard InChI is InChI=1S/C17H28N2O3.ClH/c1-17(2)11-19(7-6-15(17)18)10-12-8-13(20-3)16(22-5)14(9-12)21-4;/h8-9,15H,6-7,10-11,18H2,1-5H3;1H. The fourth-order valence-electron chi connectivity index (χ4n) is 3.10. The summed E-state index contributed by atoms with van der Waals surface area (Å²) < 4.78 is 16.2. The summed E-state index contributed by atoms with van der Waals surface area (Å²) in [6, 6.07) is 4.30. The second-order valence-electron chi connectivity index (χ2n) is 6.63. The molecule has 23 heavy (non-hydrogen) atoms. The summed E-state index contributed by atoms with van der Waals surface area (Å²) in [5.41, 5.74) is 7.51. The molecule has 1 aromatic rings. The van der Waals surface area contributed by atoms with E-state index in [2.05, 4.69) is 18.7 Å². The van der Waals surface area contributed by atoms with Gasteiger partial charge >= 0.3 is 0 Å². The monoisotopic (exact) mass is 344 g/mol. The van der Waals surface area contributed by atoms with Crippen LogP contribution >= 0.6 is 12.4 Å². The van der Waals surface area contributed by atoms with Crippen molar-refractivity contribution < 1.29 is 14.2 Å². The molecule has 1 fully saturated rings. The summed E-state index contributed by atoms with van der Waals surface area (Å²) in [4.78, 5) is 2.43. The van der Waals surface area contributed by atoms with Gasteiger partial charge in [0.25, 0.3) is 0 Å². The molecule has 0 amide bonds. The van der Waals surface area contributed by atoms with Crippen molar-refractivity contribution in [2.75, 3.05) is 34.4 Å². The van der Waals surface area contributed by atoms with Gasteiger partial charge in [-0.25, -0.2) is 0 Å². The van der Waals surface area contributed by atoms with Gasteiger partial charge in [0.15, 0.2) is 11.5 Å². The van der Waals surface area contributed by atoms with Gasteiger partial charge in [0.05, 0.1) is 21.3 Å². The summed E-state index contributed by atoms with van der Waals surface area (Å²) in [7, 11) is 4.91.